The SMILES string of the molecule is O=C(NCc1cc(O)ccc1Cl)Nc1cnc2cc(Br)ccn12. The molecule has 0 atom stereocenters. The lowest BCUT2D eigenvalue weighted by Crippen LogP contribution is -2.28. The van der Waals surface area contributed by atoms with Gasteiger partial charge in [-0.15, -0.1) is 0 Å². The standard InChI is InChI=1S/C15H12BrClN4O2/c16-10-3-4-21-13(6-10)18-8-14(21)20-15(23)19-7-9-5-11(22)1-2-12(9)17/h1-6,8,22H,7H2,(H2,19,20,23). The van der Waals surface area contributed by atoms with Crippen LogP contribution in [0.5, 0.6) is 5.75 Å². The second kappa shape index (κ2) is 6.47. The molecule has 3 rings (SSSR count). The van der Waals surface area contributed by atoms with Crippen LogP contribution >= 0.6 is 27.5 Å². The molecule has 3 aromatic rings. The number of nitrogens with zero attached hydrogens (tertiary/aromatic N) is 2. The van der Waals surface area contributed by atoms with Crippen LogP contribution < -0.4 is 10.6 Å². The van der Waals surface area contributed by atoms with E-state index in [2.05, 4.69) is 31.5 Å². The number of imidazole rings is 1. The van der Waals surface area contributed by atoms with E-state index in [-0.39, 0.29) is 12.3 Å². The van der Waals surface area contributed by atoms with Gasteiger partial charge in [0.05, 0.1) is 6.20 Å². The van der Waals surface area contributed by atoms with Gasteiger partial charge in [0.15, 0.2) is 0 Å². The Bertz CT molecular complexity index is 881. The Kier molecular flexibility index (Phi) is 4.40. The third kappa shape index (κ3) is 3.57. The maximum Gasteiger partial charge on any atom is 0.320 e. The number of carbonyl (C=O) groups is 1. The van der Waals surface area contributed by atoms with Gasteiger partial charge in [-0.1, -0.05) is 27.5 Å². The number of urea groups is 1. The van der Waals surface area contributed by atoms with Gasteiger partial charge in [-0.2, -0.15) is 0 Å². The summed E-state index contributed by atoms with van der Waals surface area (Å²) in [6.45, 7) is 0.196. The normalized spacial score (nSPS) is 10.7. The van der Waals surface area contributed by atoms with Crippen molar-refractivity contribution in [2.24, 2.45) is 0 Å². The van der Waals surface area contributed by atoms with Crippen molar-refractivity contribution in [3.8, 4) is 5.75 Å². The van der Waals surface area contributed by atoms with Gasteiger partial charge in [-0.25, -0.2) is 9.78 Å². The zero-order valence-corrected chi connectivity index (χ0v) is 14.1. The number of halogens is 2. The first-order valence-electron chi connectivity index (χ1n) is 6.68. The number of carbonyl (C=O) groups excluding carboxylic acids is 1. The lowest BCUT2D eigenvalue weighted by Gasteiger charge is -2.09. The Balaban J connectivity index is 1.68. The van der Waals surface area contributed by atoms with Crippen molar-refractivity contribution < 1.29 is 9.90 Å². The number of phenols is 1. The summed E-state index contributed by atoms with van der Waals surface area (Å²) < 4.78 is 2.66. The van der Waals surface area contributed by atoms with E-state index in [1.807, 2.05) is 12.1 Å². The highest BCUT2D eigenvalue weighted by Crippen LogP contribution is 2.21. The van der Waals surface area contributed by atoms with E-state index < -0.39 is 6.03 Å². The minimum atomic E-state index is -0.394. The molecular weight excluding hydrogens is 384 g/mol. The third-order valence-electron chi connectivity index (χ3n) is 3.19. The summed E-state index contributed by atoms with van der Waals surface area (Å²) in [4.78, 5) is 16.2. The molecule has 0 radical (unpaired) electrons. The largest absolute Gasteiger partial charge is 0.508 e. The summed E-state index contributed by atoms with van der Waals surface area (Å²) in [5.41, 5.74) is 1.34. The molecule has 2 aromatic heterocycles. The summed E-state index contributed by atoms with van der Waals surface area (Å²) >= 11 is 9.38. The maximum atomic E-state index is 12.0. The van der Waals surface area contributed by atoms with E-state index in [4.69, 9.17) is 11.6 Å². The number of amides is 2. The number of rotatable bonds is 3. The van der Waals surface area contributed by atoms with E-state index in [0.717, 1.165) is 4.47 Å². The smallest absolute Gasteiger partial charge is 0.320 e. The number of nitrogens with one attached hydrogen (secondary N) is 2. The fraction of sp³-hybridized carbons (Fsp3) is 0.0667. The molecule has 23 heavy (non-hydrogen) atoms. The van der Waals surface area contributed by atoms with Crippen molar-refractivity contribution in [1.82, 2.24) is 14.7 Å². The average molecular weight is 396 g/mol. The quantitative estimate of drug-likeness (QED) is 0.631. The van der Waals surface area contributed by atoms with E-state index in [1.165, 1.54) is 12.1 Å². The summed E-state index contributed by atoms with van der Waals surface area (Å²) in [6.07, 6.45) is 3.37. The Morgan fingerprint density at radius 3 is 3.00 bits per heavy atom. The minimum absolute atomic E-state index is 0.0963. The van der Waals surface area contributed by atoms with E-state index in [0.29, 0.717) is 22.1 Å². The molecule has 0 saturated heterocycles. The molecule has 6 nitrogen and oxygen atoms in total. The highest BCUT2D eigenvalue weighted by molar-refractivity contribution is 9.10. The highest BCUT2D eigenvalue weighted by Gasteiger charge is 2.09. The van der Waals surface area contributed by atoms with Crippen LogP contribution in [0.2, 0.25) is 5.02 Å². The Morgan fingerprint density at radius 1 is 1.35 bits per heavy atom. The minimum Gasteiger partial charge on any atom is -0.508 e. The Labute approximate surface area is 145 Å². The second-order valence-electron chi connectivity index (χ2n) is 4.80. The van der Waals surface area contributed by atoms with Gasteiger partial charge in [0.2, 0.25) is 0 Å². The molecule has 118 valence electrons. The first-order chi connectivity index (χ1) is 11.0. The van der Waals surface area contributed by atoms with Gasteiger partial charge in [0.25, 0.3) is 0 Å². The predicted octanol–water partition coefficient (Wildman–Crippen LogP) is 3.78. The van der Waals surface area contributed by atoms with Crippen molar-refractivity contribution in [2.75, 3.05) is 5.32 Å². The summed E-state index contributed by atoms with van der Waals surface area (Å²) in [5, 5.41) is 15.3. The molecule has 0 aliphatic carbocycles. The second-order valence-corrected chi connectivity index (χ2v) is 6.12. The number of benzene rings is 1. The van der Waals surface area contributed by atoms with E-state index in [1.54, 1.807) is 22.9 Å². The summed E-state index contributed by atoms with van der Waals surface area (Å²) in [7, 11) is 0. The van der Waals surface area contributed by atoms with Gasteiger partial charge >= 0.3 is 6.03 Å². The van der Waals surface area contributed by atoms with E-state index in [9.17, 15) is 9.90 Å². The molecule has 0 aliphatic heterocycles. The summed E-state index contributed by atoms with van der Waals surface area (Å²) in [6, 6.07) is 7.87. The number of phenolic OH excluding ortho intramolecular Hbond substituents is 1. The molecule has 0 unspecified atom stereocenters. The molecule has 0 saturated carbocycles. The average Bonchev–Trinajstić information content (AvgIpc) is 2.90. The molecule has 0 bridgehead atoms. The summed E-state index contributed by atoms with van der Waals surface area (Å²) in [5.74, 6) is 0.644. The van der Waals surface area contributed by atoms with Crippen molar-refractivity contribution >= 4 is 45.0 Å². The number of hydrogen-bond donors (Lipinski definition) is 3. The topological polar surface area (TPSA) is 78.7 Å². The lowest BCUT2D eigenvalue weighted by molar-refractivity contribution is 0.251. The fourth-order valence-electron chi connectivity index (χ4n) is 2.08. The van der Waals surface area contributed by atoms with Crippen LogP contribution in [0.1, 0.15) is 5.56 Å². The fourth-order valence-corrected chi connectivity index (χ4v) is 2.59. The number of aromatic nitrogens is 2. The monoisotopic (exact) mass is 394 g/mol. The lowest BCUT2D eigenvalue weighted by atomic mass is 10.2. The van der Waals surface area contributed by atoms with Gasteiger partial charge in [0.1, 0.15) is 17.2 Å². The van der Waals surface area contributed by atoms with Gasteiger partial charge in [0, 0.05) is 22.2 Å². The van der Waals surface area contributed by atoms with Crippen LogP contribution in [-0.2, 0) is 6.54 Å². The molecule has 1 aromatic carbocycles. The van der Waals surface area contributed by atoms with Gasteiger partial charge < -0.3 is 10.4 Å². The number of pyridine rings is 1. The molecule has 8 heteroatoms. The van der Waals surface area contributed by atoms with Crippen LogP contribution in [0.3, 0.4) is 0 Å². The zero-order valence-electron chi connectivity index (χ0n) is 11.8. The molecule has 2 heterocycles. The van der Waals surface area contributed by atoms with E-state index >= 15 is 0 Å². The molecule has 2 amide bonds. The number of anilines is 1. The van der Waals surface area contributed by atoms with Gasteiger partial charge in [-0.05, 0) is 35.9 Å². The number of aromatic hydroxyl groups is 1. The zero-order chi connectivity index (χ0) is 16.4. The van der Waals surface area contributed by atoms with Crippen molar-refractivity contribution in [1.29, 1.82) is 0 Å². The first-order valence-corrected chi connectivity index (χ1v) is 7.85. The highest BCUT2D eigenvalue weighted by atomic mass is 79.9. The maximum absolute atomic E-state index is 12.0. The molecule has 3 N–H and O–H groups in total. The van der Waals surface area contributed by atoms with Crippen LogP contribution in [0.25, 0.3) is 5.65 Å². The number of hydrogen-bond acceptors (Lipinski definition) is 3. The van der Waals surface area contributed by atoms with Gasteiger partial charge in [-0.3, -0.25) is 9.72 Å². The number of fused-ring (bicyclic) bond motifs is 1. The molecule has 0 spiro atoms. The van der Waals surface area contributed by atoms with Crippen LogP contribution in [0, 0.1) is 0 Å². The Morgan fingerprint density at radius 2 is 2.17 bits per heavy atom. The van der Waals surface area contributed by atoms with Crippen LogP contribution in [0.15, 0.2) is 47.2 Å². The predicted molar refractivity (Wildman–Crippen MR) is 91.9 cm³/mol. The third-order valence-corrected chi connectivity index (χ3v) is 4.05. The van der Waals surface area contributed by atoms with Crippen molar-refractivity contribution in [3.63, 3.8) is 0 Å². The van der Waals surface area contributed by atoms with Crippen molar-refractivity contribution in [3.05, 3.63) is 57.8 Å². The molecule has 0 aliphatic rings. The first kappa shape index (κ1) is 15.6. The van der Waals surface area contributed by atoms with Crippen molar-refractivity contribution in [2.45, 2.75) is 6.54 Å². The molecular formula is C15H12BrClN4O2. The van der Waals surface area contributed by atoms with Crippen LogP contribution in [0.4, 0.5) is 10.6 Å². The van der Waals surface area contributed by atoms with Crippen LogP contribution in [-0.4, -0.2) is 20.5 Å². The Hall–Kier alpha value is -2.25. The molecule has 0 fully saturated rings.